The van der Waals surface area contributed by atoms with Gasteiger partial charge in [0.2, 0.25) is 5.91 Å². The van der Waals surface area contributed by atoms with Crippen molar-refractivity contribution in [3.05, 3.63) is 65.7 Å². The molecular weight excluding hydrogens is 306 g/mol. The first kappa shape index (κ1) is 17.6. The van der Waals surface area contributed by atoms with Crippen molar-refractivity contribution in [2.75, 3.05) is 20.8 Å². The zero-order valence-corrected chi connectivity index (χ0v) is 13.7. The van der Waals surface area contributed by atoms with Crippen LogP contribution >= 0.6 is 0 Å². The quantitative estimate of drug-likeness (QED) is 0.767. The molecule has 0 aromatic heterocycles. The van der Waals surface area contributed by atoms with Crippen LogP contribution in [0.3, 0.4) is 0 Å². The number of carbonyl (C=O) groups is 1. The third kappa shape index (κ3) is 4.86. The summed E-state index contributed by atoms with van der Waals surface area (Å²) in [4.78, 5) is 11.8. The number of aliphatic hydroxyl groups excluding tert-OH is 1. The standard InChI is InChI=1S/C19H21NO4/c1-23-17-10-9-15(12-18(17)24-2)16(21)13-20-19(22)11-8-14-6-4-3-5-7-14/h3-12,16,21H,13H2,1-2H3,(H,20,22)/b11-8+/t16-/m1/s1. The van der Waals surface area contributed by atoms with Gasteiger partial charge in [0.05, 0.1) is 20.3 Å². The summed E-state index contributed by atoms with van der Waals surface area (Å²) in [6, 6.07) is 14.7. The second-order valence-corrected chi connectivity index (χ2v) is 5.12. The monoisotopic (exact) mass is 327 g/mol. The van der Waals surface area contributed by atoms with Gasteiger partial charge in [0, 0.05) is 12.6 Å². The van der Waals surface area contributed by atoms with E-state index in [-0.39, 0.29) is 12.5 Å². The van der Waals surface area contributed by atoms with Gasteiger partial charge in [-0.1, -0.05) is 36.4 Å². The molecule has 0 radical (unpaired) electrons. The van der Waals surface area contributed by atoms with Crippen LogP contribution in [0.2, 0.25) is 0 Å². The van der Waals surface area contributed by atoms with E-state index in [9.17, 15) is 9.90 Å². The molecule has 0 heterocycles. The molecule has 126 valence electrons. The molecule has 0 saturated heterocycles. The number of hydrogen-bond donors (Lipinski definition) is 2. The smallest absolute Gasteiger partial charge is 0.244 e. The summed E-state index contributed by atoms with van der Waals surface area (Å²) < 4.78 is 10.4. The van der Waals surface area contributed by atoms with Crippen molar-refractivity contribution in [1.82, 2.24) is 5.32 Å². The summed E-state index contributed by atoms with van der Waals surface area (Å²) in [6.45, 7) is 0.105. The van der Waals surface area contributed by atoms with Crippen molar-refractivity contribution in [2.24, 2.45) is 0 Å². The summed E-state index contributed by atoms with van der Waals surface area (Å²) in [5.41, 5.74) is 1.58. The van der Waals surface area contributed by atoms with Gasteiger partial charge in [-0.05, 0) is 29.3 Å². The van der Waals surface area contributed by atoms with Crippen LogP contribution in [0.1, 0.15) is 17.2 Å². The third-order valence-electron chi connectivity index (χ3n) is 3.49. The van der Waals surface area contributed by atoms with Gasteiger partial charge in [0.25, 0.3) is 0 Å². The van der Waals surface area contributed by atoms with Crippen LogP contribution in [-0.2, 0) is 4.79 Å². The number of carbonyl (C=O) groups excluding carboxylic acids is 1. The van der Waals surface area contributed by atoms with Crippen LogP contribution < -0.4 is 14.8 Å². The molecule has 0 aliphatic heterocycles. The number of methoxy groups -OCH3 is 2. The SMILES string of the molecule is COc1ccc([C@H](O)CNC(=O)/C=C/c2ccccc2)cc1OC. The Balaban J connectivity index is 1.91. The van der Waals surface area contributed by atoms with E-state index in [1.807, 2.05) is 30.3 Å². The molecule has 2 aromatic carbocycles. The predicted octanol–water partition coefficient (Wildman–Crippen LogP) is 2.57. The Bertz CT molecular complexity index is 698. The summed E-state index contributed by atoms with van der Waals surface area (Å²) in [5, 5.41) is 12.9. The predicted molar refractivity (Wildman–Crippen MR) is 93.0 cm³/mol. The first-order chi connectivity index (χ1) is 11.6. The van der Waals surface area contributed by atoms with Gasteiger partial charge in [-0.3, -0.25) is 4.79 Å². The summed E-state index contributed by atoms with van der Waals surface area (Å²) in [6.07, 6.45) is 2.33. The van der Waals surface area contributed by atoms with Crippen LogP contribution in [-0.4, -0.2) is 31.8 Å². The highest BCUT2D eigenvalue weighted by molar-refractivity contribution is 5.91. The maximum atomic E-state index is 11.8. The minimum Gasteiger partial charge on any atom is -0.493 e. The fourth-order valence-corrected chi connectivity index (χ4v) is 2.17. The molecule has 1 atom stereocenters. The molecule has 0 saturated carbocycles. The van der Waals surface area contributed by atoms with Gasteiger partial charge >= 0.3 is 0 Å². The number of hydrogen-bond acceptors (Lipinski definition) is 4. The van der Waals surface area contributed by atoms with Crippen LogP contribution in [0.25, 0.3) is 6.08 Å². The molecule has 24 heavy (non-hydrogen) atoms. The van der Waals surface area contributed by atoms with E-state index in [0.717, 1.165) is 5.56 Å². The highest BCUT2D eigenvalue weighted by atomic mass is 16.5. The lowest BCUT2D eigenvalue weighted by atomic mass is 10.1. The van der Waals surface area contributed by atoms with Crippen LogP contribution in [0.4, 0.5) is 0 Å². The Morgan fingerprint density at radius 1 is 1.12 bits per heavy atom. The molecule has 5 nitrogen and oxygen atoms in total. The van der Waals surface area contributed by atoms with E-state index >= 15 is 0 Å². The molecule has 2 aromatic rings. The van der Waals surface area contributed by atoms with Gasteiger partial charge in [0.15, 0.2) is 11.5 Å². The molecule has 0 fully saturated rings. The van der Waals surface area contributed by atoms with E-state index in [1.54, 1.807) is 31.4 Å². The molecule has 0 aliphatic carbocycles. The molecule has 1 amide bonds. The first-order valence-corrected chi connectivity index (χ1v) is 7.55. The van der Waals surface area contributed by atoms with E-state index in [4.69, 9.17) is 9.47 Å². The number of rotatable bonds is 7. The van der Waals surface area contributed by atoms with E-state index in [0.29, 0.717) is 17.1 Å². The fraction of sp³-hybridized carbons (Fsp3) is 0.211. The molecule has 0 aliphatic rings. The van der Waals surface area contributed by atoms with Crippen molar-refractivity contribution < 1.29 is 19.4 Å². The van der Waals surface area contributed by atoms with Gasteiger partial charge in [-0.25, -0.2) is 0 Å². The van der Waals surface area contributed by atoms with Gasteiger partial charge in [-0.2, -0.15) is 0 Å². The normalized spacial score (nSPS) is 12.0. The summed E-state index contributed by atoms with van der Waals surface area (Å²) in [5.74, 6) is 0.853. The Morgan fingerprint density at radius 3 is 2.50 bits per heavy atom. The molecule has 5 heteroatoms. The average molecular weight is 327 g/mol. The number of ether oxygens (including phenoxy) is 2. The Labute approximate surface area is 141 Å². The number of nitrogens with one attached hydrogen (secondary N) is 1. The van der Waals surface area contributed by atoms with Crippen LogP contribution in [0.5, 0.6) is 11.5 Å². The maximum absolute atomic E-state index is 11.8. The number of aliphatic hydroxyl groups is 1. The highest BCUT2D eigenvalue weighted by Gasteiger charge is 2.12. The number of benzene rings is 2. The Morgan fingerprint density at radius 2 is 1.83 bits per heavy atom. The van der Waals surface area contributed by atoms with Gasteiger partial charge in [-0.15, -0.1) is 0 Å². The first-order valence-electron chi connectivity index (χ1n) is 7.55. The van der Waals surface area contributed by atoms with E-state index in [1.165, 1.54) is 13.2 Å². The van der Waals surface area contributed by atoms with Gasteiger partial charge in [0.1, 0.15) is 0 Å². The Kier molecular flexibility index (Phi) is 6.40. The zero-order chi connectivity index (χ0) is 17.4. The Hall–Kier alpha value is -2.79. The van der Waals surface area contributed by atoms with Crippen molar-refractivity contribution in [3.63, 3.8) is 0 Å². The maximum Gasteiger partial charge on any atom is 0.244 e. The van der Waals surface area contributed by atoms with E-state index < -0.39 is 6.10 Å². The van der Waals surface area contributed by atoms with Crippen LogP contribution in [0.15, 0.2) is 54.6 Å². The second-order valence-electron chi connectivity index (χ2n) is 5.12. The lowest BCUT2D eigenvalue weighted by Gasteiger charge is -2.14. The highest BCUT2D eigenvalue weighted by Crippen LogP contribution is 2.29. The molecule has 0 spiro atoms. The van der Waals surface area contributed by atoms with Crippen molar-refractivity contribution in [3.8, 4) is 11.5 Å². The molecule has 0 unspecified atom stereocenters. The molecule has 2 N–H and O–H groups in total. The molecule has 0 bridgehead atoms. The summed E-state index contributed by atoms with van der Waals surface area (Å²) >= 11 is 0. The van der Waals surface area contributed by atoms with Crippen LogP contribution in [0, 0.1) is 0 Å². The van der Waals surface area contributed by atoms with Crippen molar-refractivity contribution in [2.45, 2.75) is 6.10 Å². The number of amides is 1. The largest absolute Gasteiger partial charge is 0.493 e. The lowest BCUT2D eigenvalue weighted by molar-refractivity contribution is -0.116. The molecule has 2 rings (SSSR count). The topological polar surface area (TPSA) is 67.8 Å². The second kappa shape index (κ2) is 8.74. The minimum atomic E-state index is -0.834. The fourth-order valence-electron chi connectivity index (χ4n) is 2.17. The van der Waals surface area contributed by atoms with Crippen molar-refractivity contribution >= 4 is 12.0 Å². The lowest BCUT2D eigenvalue weighted by Crippen LogP contribution is -2.26. The summed E-state index contributed by atoms with van der Waals surface area (Å²) in [7, 11) is 3.08. The van der Waals surface area contributed by atoms with Crippen molar-refractivity contribution in [1.29, 1.82) is 0 Å². The van der Waals surface area contributed by atoms with E-state index in [2.05, 4.69) is 5.32 Å². The average Bonchev–Trinajstić information content (AvgIpc) is 2.64. The third-order valence-corrected chi connectivity index (χ3v) is 3.49. The minimum absolute atomic E-state index is 0.105. The molecular formula is C19H21NO4. The van der Waals surface area contributed by atoms with Gasteiger partial charge < -0.3 is 19.9 Å². The zero-order valence-electron chi connectivity index (χ0n) is 13.7.